The van der Waals surface area contributed by atoms with Gasteiger partial charge in [-0.15, -0.1) is 13.2 Å². The molecule has 2 nitrogen and oxygen atoms in total. The van der Waals surface area contributed by atoms with Gasteiger partial charge in [-0.2, -0.15) is 11.8 Å². The molecule has 0 amide bonds. The second kappa shape index (κ2) is 6.50. The summed E-state index contributed by atoms with van der Waals surface area (Å²) in [6.45, 7) is 1.59. The zero-order valence-electron chi connectivity index (χ0n) is 7.30. The van der Waals surface area contributed by atoms with Crippen molar-refractivity contribution in [2.45, 2.75) is 25.0 Å². The van der Waals surface area contributed by atoms with Gasteiger partial charge in [-0.05, 0) is 6.42 Å². The fourth-order valence-corrected chi connectivity index (χ4v) is 1.53. The molecule has 0 heterocycles. The molecule has 0 aliphatic heterocycles. The summed E-state index contributed by atoms with van der Waals surface area (Å²) in [7, 11) is 0. The van der Waals surface area contributed by atoms with Gasteiger partial charge in [0.25, 0.3) is 0 Å². The minimum absolute atomic E-state index is 0.0638. The molecule has 0 aliphatic rings. The van der Waals surface area contributed by atoms with Gasteiger partial charge in [0.05, 0.1) is 6.61 Å². The molecular formula is C7H13F3O2S. The minimum Gasteiger partial charge on any atom is -0.396 e. The lowest BCUT2D eigenvalue weighted by atomic mass is 10.3. The number of hydrogen-bond donors (Lipinski definition) is 1. The highest BCUT2D eigenvalue weighted by molar-refractivity contribution is 7.99. The van der Waals surface area contributed by atoms with E-state index in [-0.39, 0.29) is 18.5 Å². The molecule has 0 spiro atoms. The van der Waals surface area contributed by atoms with Crippen LogP contribution in [0.5, 0.6) is 0 Å². The number of halogens is 3. The van der Waals surface area contributed by atoms with Crippen LogP contribution in [-0.4, -0.2) is 35.7 Å². The molecule has 1 atom stereocenters. The van der Waals surface area contributed by atoms with E-state index >= 15 is 0 Å². The summed E-state index contributed by atoms with van der Waals surface area (Å²) in [4.78, 5) is 0. The second-order valence-electron chi connectivity index (χ2n) is 2.49. The maximum absolute atomic E-state index is 11.5. The molecule has 0 bridgehead atoms. The van der Waals surface area contributed by atoms with E-state index in [0.29, 0.717) is 12.2 Å². The normalized spacial score (nSPS) is 14.5. The van der Waals surface area contributed by atoms with Gasteiger partial charge in [0.2, 0.25) is 0 Å². The highest BCUT2D eigenvalue weighted by Crippen LogP contribution is 2.18. The first-order chi connectivity index (χ1) is 5.95. The quantitative estimate of drug-likeness (QED) is 0.692. The first-order valence-corrected chi connectivity index (χ1v) is 4.93. The first kappa shape index (κ1) is 13.1. The van der Waals surface area contributed by atoms with Gasteiger partial charge in [-0.1, -0.05) is 6.92 Å². The monoisotopic (exact) mass is 218 g/mol. The predicted octanol–water partition coefficient (Wildman–Crippen LogP) is 2.03. The van der Waals surface area contributed by atoms with Crippen LogP contribution in [0.2, 0.25) is 0 Å². The Bertz CT molecular complexity index is 129. The van der Waals surface area contributed by atoms with Crippen molar-refractivity contribution in [2.75, 3.05) is 19.0 Å². The Balaban J connectivity index is 3.25. The SMILES string of the molecule is CC(CCO)SCCOC(F)(F)F. The topological polar surface area (TPSA) is 29.5 Å². The molecule has 0 aliphatic carbocycles. The number of hydrogen-bond acceptors (Lipinski definition) is 3. The fourth-order valence-electron chi connectivity index (χ4n) is 0.672. The molecule has 0 aromatic heterocycles. The van der Waals surface area contributed by atoms with Crippen LogP contribution in [0.4, 0.5) is 13.2 Å². The summed E-state index contributed by atoms with van der Waals surface area (Å²) >= 11 is 1.36. The second-order valence-corrected chi connectivity index (χ2v) is 4.03. The van der Waals surface area contributed by atoms with Gasteiger partial charge in [0.15, 0.2) is 0 Å². The number of ether oxygens (including phenoxy) is 1. The lowest BCUT2D eigenvalue weighted by molar-refractivity contribution is -0.322. The van der Waals surface area contributed by atoms with Crippen molar-refractivity contribution in [3.05, 3.63) is 0 Å². The van der Waals surface area contributed by atoms with Crippen LogP contribution in [0.15, 0.2) is 0 Å². The highest BCUT2D eigenvalue weighted by Gasteiger charge is 2.28. The first-order valence-electron chi connectivity index (χ1n) is 3.89. The van der Waals surface area contributed by atoms with Crippen LogP contribution in [0, 0.1) is 0 Å². The highest BCUT2D eigenvalue weighted by atomic mass is 32.2. The molecule has 0 rings (SSSR count). The Labute approximate surface area is 79.5 Å². The summed E-state index contributed by atoms with van der Waals surface area (Å²) in [5.41, 5.74) is 0. The summed E-state index contributed by atoms with van der Waals surface area (Å²) in [5, 5.41) is 8.67. The maximum atomic E-state index is 11.5. The average molecular weight is 218 g/mol. The third-order valence-electron chi connectivity index (χ3n) is 1.29. The van der Waals surface area contributed by atoms with Crippen molar-refractivity contribution in [3.63, 3.8) is 0 Å². The van der Waals surface area contributed by atoms with Crippen LogP contribution >= 0.6 is 11.8 Å². The van der Waals surface area contributed by atoms with Gasteiger partial charge in [0.1, 0.15) is 0 Å². The Kier molecular flexibility index (Phi) is 6.53. The van der Waals surface area contributed by atoms with E-state index in [1.807, 2.05) is 6.92 Å². The van der Waals surface area contributed by atoms with E-state index in [0.717, 1.165) is 0 Å². The van der Waals surface area contributed by atoms with E-state index in [2.05, 4.69) is 4.74 Å². The van der Waals surface area contributed by atoms with Crippen LogP contribution in [-0.2, 0) is 4.74 Å². The standard InChI is InChI=1S/C7H13F3O2S/c1-6(2-3-11)13-5-4-12-7(8,9)10/h6,11H,2-5H2,1H3. The van der Waals surface area contributed by atoms with Crippen LogP contribution in [0.25, 0.3) is 0 Å². The van der Waals surface area contributed by atoms with Gasteiger partial charge in [-0.3, -0.25) is 4.74 Å². The summed E-state index contributed by atoms with van der Waals surface area (Å²) < 4.78 is 37.9. The lowest BCUT2D eigenvalue weighted by Crippen LogP contribution is -2.16. The predicted molar refractivity (Wildman–Crippen MR) is 45.6 cm³/mol. The molecule has 0 fully saturated rings. The van der Waals surface area contributed by atoms with Crippen molar-refractivity contribution >= 4 is 11.8 Å². The molecule has 0 aromatic carbocycles. The molecule has 80 valence electrons. The third-order valence-corrected chi connectivity index (χ3v) is 2.49. The minimum atomic E-state index is -4.53. The van der Waals surface area contributed by atoms with E-state index in [9.17, 15) is 13.2 Å². The van der Waals surface area contributed by atoms with Crippen molar-refractivity contribution in [1.29, 1.82) is 0 Å². The molecule has 0 aromatic rings. The summed E-state index contributed by atoms with van der Waals surface area (Å²) in [6.07, 6.45) is -3.93. The lowest BCUT2D eigenvalue weighted by Gasteiger charge is -2.10. The van der Waals surface area contributed by atoms with Gasteiger partial charge in [0, 0.05) is 17.6 Å². The van der Waals surface area contributed by atoms with E-state index in [4.69, 9.17) is 5.11 Å². The average Bonchev–Trinajstić information content (AvgIpc) is 1.97. The van der Waals surface area contributed by atoms with Crippen LogP contribution in [0.1, 0.15) is 13.3 Å². The number of aliphatic hydroxyl groups is 1. The Morgan fingerprint density at radius 3 is 2.54 bits per heavy atom. The molecule has 1 N–H and O–H groups in total. The zero-order valence-corrected chi connectivity index (χ0v) is 8.12. The van der Waals surface area contributed by atoms with Crippen LogP contribution < -0.4 is 0 Å². The van der Waals surface area contributed by atoms with Crippen LogP contribution in [0.3, 0.4) is 0 Å². The van der Waals surface area contributed by atoms with Crippen molar-refractivity contribution in [2.24, 2.45) is 0 Å². The molecule has 1 unspecified atom stereocenters. The Morgan fingerprint density at radius 2 is 2.08 bits per heavy atom. The number of thioether (sulfide) groups is 1. The smallest absolute Gasteiger partial charge is 0.396 e. The zero-order chi connectivity index (χ0) is 10.3. The largest absolute Gasteiger partial charge is 0.522 e. The van der Waals surface area contributed by atoms with Gasteiger partial charge < -0.3 is 5.11 Å². The molecular weight excluding hydrogens is 205 g/mol. The van der Waals surface area contributed by atoms with Gasteiger partial charge in [-0.25, -0.2) is 0 Å². The van der Waals surface area contributed by atoms with E-state index in [1.54, 1.807) is 0 Å². The number of rotatable bonds is 6. The number of alkyl halides is 3. The van der Waals surface area contributed by atoms with Crippen molar-refractivity contribution in [3.8, 4) is 0 Å². The Hall–Kier alpha value is 0.0600. The molecule has 0 radical (unpaired) electrons. The maximum Gasteiger partial charge on any atom is 0.522 e. The Morgan fingerprint density at radius 1 is 1.46 bits per heavy atom. The van der Waals surface area contributed by atoms with Gasteiger partial charge >= 0.3 is 6.36 Å². The number of aliphatic hydroxyl groups excluding tert-OH is 1. The third kappa shape index (κ3) is 9.98. The molecule has 0 saturated carbocycles. The summed E-state index contributed by atoms with van der Waals surface area (Å²) in [5.74, 6) is 0.292. The fraction of sp³-hybridized carbons (Fsp3) is 1.00. The molecule has 13 heavy (non-hydrogen) atoms. The van der Waals surface area contributed by atoms with E-state index < -0.39 is 6.36 Å². The van der Waals surface area contributed by atoms with Crippen molar-refractivity contribution < 1.29 is 23.0 Å². The van der Waals surface area contributed by atoms with E-state index in [1.165, 1.54) is 11.8 Å². The molecule has 6 heteroatoms. The molecule has 0 saturated heterocycles. The van der Waals surface area contributed by atoms with Crippen molar-refractivity contribution in [1.82, 2.24) is 0 Å². The summed E-state index contributed by atoms with van der Waals surface area (Å²) in [6, 6.07) is 0.